The van der Waals surface area contributed by atoms with Gasteiger partial charge in [-0.15, -0.1) is 0 Å². The van der Waals surface area contributed by atoms with Crippen LogP contribution in [-0.2, 0) is 23.0 Å². The van der Waals surface area contributed by atoms with Crippen molar-refractivity contribution in [2.45, 2.75) is 24.8 Å². The molecule has 2 heterocycles. The first-order chi connectivity index (χ1) is 20.8. The Labute approximate surface area is 262 Å². The van der Waals surface area contributed by atoms with E-state index in [0.717, 1.165) is 31.6 Å². The molecule has 1 aromatic heterocycles. The van der Waals surface area contributed by atoms with Crippen LogP contribution in [0.4, 0.5) is 5.13 Å². The number of carbonyl (C=O) groups is 1. The van der Waals surface area contributed by atoms with Crippen molar-refractivity contribution in [3.8, 4) is 5.75 Å². The number of sulfonamides is 1. The van der Waals surface area contributed by atoms with Gasteiger partial charge in [-0.05, 0) is 96.8 Å². The van der Waals surface area contributed by atoms with Gasteiger partial charge in [0.1, 0.15) is 5.75 Å². The third kappa shape index (κ3) is 6.25. The Balaban J connectivity index is 1.28. The number of thiazole rings is 1. The summed E-state index contributed by atoms with van der Waals surface area (Å²) >= 11 is 4.82. The maximum atomic E-state index is 13.8. The van der Waals surface area contributed by atoms with Crippen LogP contribution in [0, 0.1) is 0 Å². The molecule has 11 heteroatoms. The summed E-state index contributed by atoms with van der Waals surface area (Å²) in [5, 5.41) is 6.17. The van der Waals surface area contributed by atoms with Crippen molar-refractivity contribution in [3.05, 3.63) is 118 Å². The van der Waals surface area contributed by atoms with E-state index >= 15 is 0 Å². The Morgan fingerprint density at radius 3 is 2.53 bits per heavy atom. The number of benzene rings is 4. The van der Waals surface area contributed by atoms with Gasteiger partial charge in [0.2, 0.25) is 15.2 Å². The first-order valence-corrected chi connectivity index (χ1v) is 16.7. The maximum absolute atomic E-state index is 13.8. The van der Waals surface area contributed by atoms with E-state index in [0.29, 0.717) is 31.2 Å². The number of anilines is 1. The minimum Gasteiger partial charge on any atom is -0.494 e. The third-order valence-corrected chi connectivity index (χ3v) is 10.4. The molecule has 0 radical (unpaired) electrons. The Kier molecular flexibility index (Phi) is 8.40. The highest BCUT2D eigenvalue weighted by Crippen LogP contribution is 2.32. The van der Waals surface area contributed by atoms with Gasteiger partial charge < -0.3 is 4.74 Å². The molecule has 0 spiro atoms. The SMILES string of the molecule is CCOc1ccc(/C=N/N(C(=O)c2ccc(S(=O)(=O)N3CCc4ccccc4C3)cc2)c2nc3ccc(Br)cc3s2)cc1. The van der Waals surface area contributed by atoms with E-state index in [1.807, 2.05) is 73.7 Å². The molecule has 0 saturated heterocycles. The van der Waals surface area contributed by atoms with Gasteiger partial charge in [-0.1, -0.05) is 51.5 Å². The molecular weight excluding hydrogens is 648 g/mol. The number of carbonyl (C=O) groups excluding carboxylic acids is 1. The molecule has 0 bridgehead atoms. The predicted molar refractivity (Wildman–Crippen MR) is 174 cm³/mol. The van der Waals surface area contributed by atoms with Gasteiger partial charge in [0.15, 0.2) is 0 Å². The van der Waals surface area contributed by atoms with Crippen LogP contribution in [0.25, 0.3) is 10.2 Å². The fraction of sp³-hybridized carbons (Fsp3) is 0.156. The van der Waals surface area contributed by atoms with E-state index in [2.05, 4.69) is 26.0 Å². The number of hydrazone groups is 1. The second-order valence-corrected chi connectivity index (χ2v) is 13.7. The lowest BCUT2D eigenvalue weighted by Crippen LogP contribution is -2.36. The molecule has 0 N–H and O–H groups in total. The number of aromatic nitrogens is 1. The van der Waals surface area contributed by atoms with Crippen LogP contribution in [0.1, 0.15) is 34.0 Å². The van der Waals surface area contributed by atoms with E-state index in [1.54, 1.807) is 6.21 Å². The van der Waals surface area contributed by atoms with E-state index in [1.165, 1.54) is 50.5 Å². The van der Waals surface area contributed by atoms with Crippen molar-refractivity contribution >= 4 is 64.8 Å². The number of halogens is 1. The minimum absolute atomic E-state index is 0.137. The Hall–Kier alpha value is -3.90. The van der Waals surface area contributed by atoms with Gasteiger partial charge in [-0.2, -0.15) is 14.4 Å². The Bertz CT molecular complexity index is 1920. The number of ether oxygens (including phenoxy) is 1. The highest BCUT2D eigenvalue weighted by Gasteiger charge is 2.29. The monoisotopic (exact) mass is 674 g/mol. The molecule has 1 aliphatic heterocycles. The average molecular weight is 676 g/mol. The largest absolute Gasteiger partial charge is 0.494 e. The normalized spacial score (nSPS) is 13.7. The van der Waals surface area contributed by atoms with Crippen molar-refractivity contribution < 1.29 is 17.9 Å². The van der Waals surface area contributed by atoms with E-state index in [-0.39, 0.29) is 10.5 Å². The molecule has 218 valence electrons. The summed E-state index contributed by atoms with van der Waals surface area (Å²) in [5.74, 6) is 0.310. The molecule has 43 heavy (non-hydrogen) atoms. The van der Waals surface area contributed by atoms with Gasteiger partial charge in [0, 0.05) is 23.1 Å². The number of rotatable bonds is 8. The van der Waals surface area contributed by atoms with Crippen molar-refractivity contribution in [1.29, 1.82) is 0 Å². The summed E-state index contributed by atoms with van der Waals surface area (Å²) in [7, 11) is -3.74. The summed E-state index contributed by atoms with van der Waals surface area (Å²) in [6, 6.07) is 27.0. The molecule has 4 aromatic carbocycles. The van der Waals surface area contributed by atoms with E-state index < -0.39 is 15.9 Å². The van der Waals surface area contributed by atoms with Crippen LogP contribution in [0.2, 0.25) is 0 Å². The zero-order valence-corrected chi connectivity index (χ0v) is 26.4. The minimum atomic E-state index is -3.74. The van der Waals surface area contributed by atoms with Crippen LogP contribution >= 0.6 is 27.3 Å². The summed E-state index contributed by atoms with van der Waals surface area (Å²) in [5.41, 5.74) is 3.97. The van der Waals surface area contributed by atoms with Crippen LogP contribution in [0.3, 0.4) is 0 Å². The highest BCUT2D eigenvalue weighted by atomic mass is 79.9. The molecule has 0 atom stereocenters. The topological polar surface area (TPSA) is 92.2 Å². The molecule has 0 saturated carbocycles. The molecule has 0 aliphatic carbocycles. The van der Waals surface area contributed by atoms with Crippen LogP contribution in [0.5, 0.6) is 5.75 Å². The third-order valence-electron chi connectivity index (χ3n) is 7.06. The number of fused-ring (bicyclic) bond motifs is 2. The van der Waals surface area contributed by atoms with Crippen LogP contribution < -0.4 is 9.75 Å². The molecular formula is C32H27BrN4O4S2. The number of amides is 1. The van der Waals surface area contributed by atoms with Gasteiger partial charge in [-0.25, -0.2) is 13.4 Å². The maximum Gasteiger partial charge on any atom is 0.280 e. The summed E-state index contributed by atoms with van der Waals surface area (Å²) in [6.45, 7) is 3.21. The quantitative estimate of drug-likeness (QED) is 0.132. The molecule has 1 amide bonds. The molecule has 5 aromatic rings. The number of hydrogen-bond acceptors (Lipinski definition) is 7. The van der Waals surface area contributed by atoms with Crippen LogP contribution in [-0.4, -0.2) is 43.0 Å². The fourth-order valence-corrected chi connectivity index (χ4v) is 7.72. The first-order valence-electron chi connectivity index (χ1n) is 13.7. The molecule has 0 unspecified atom stereocenters. The molecule has 6 rings (SSSR count). The number of hydrogen-bond donors (Lipinski definition) is 0. The second-order valence-electron chi connectivity index (χ2n) is 9.85. The van der Waals surface area contributed by atoms with Gasteiger partial charge in [-0.3, -0.25) is 4.79 Å². The Morgan fingerprint density at radius 1 is 1.05 bits per heavy atom. The standard InChI is InChI=1S/C32H27BrN4O4S2/c1-2-41-27-12-7-22(8-13-27)20-34-37(32-35-29-16-11-26(33)19-30(29)42-32)31(38)24-9-14-28(15-10-24)43(39,40)36-18-17-23-5-3-4-6-25(23)21-36/h3-16,19-20H,2,17-18,21H2,1H3/b34-20+. The summed E-state index contributed by atoms with van der Waals surface area (Å²) in [6.07, 6.45) is 2.24. The smallest absolute Gasteiger partial charge is 0.280 e. The average Bonchev–Trinajstić information content (AvgIpc) is 3.44. The fourth-order valence-electron chi connectivity index (χ4n) is 4.82. The molecule has 8 nitrogen and oxygen atoms in total. The zero-order valence-electron chi connectivity index (χ0n) is 23.2. The number of nitrogens with zero attached hydrogens (tertiary/aromatic N) is 4. The summed E-state index contributed by atoms with van der Waals surface area (Å²) < 4.78 is 35.7. The lowest BCUT2D eigenvalue weighted by atomic mass is 10.0. The van der Waals surface area contributed by atoms with Gasteiger partial charge in [0.25, 0.3) is 5.91 Å². The lowest BCUT2D eigenvalue weighted by Gasteiger charge is -2.28. The van der Waals surface area contributed by atoms with Crippen LogP contribution in [0.15, 0.2) is 105 Å². The van der Waals surface area contributed by atoms with Gasteiger partial charge >= 0.3 is 0 Å². The van der Waals surface area contributed by atoms with E-state index in [4.69, 9.17) is 4.74 Å². The zero-order chi connectivity index (χ0) is 30.0. The molecule has 1 aliphatic rings. The molecule has 0 fully saturated rings. The highest BCUT2D eigenvalue weighted by molar-refractivity contribution is 9.10. The van der Waals surface area contributed by atoms with Crippen molar-refractivity contribution in [2.24, 2.45) is 5.10 Å². The second kappa shape index (κ2) is 12.4. The van der Waals surface area contributed by atoms with Crippen molar-refractivity contribution in [2.75, 3.05) is 18.2 Å². The van der Waals surface area contributed by atoms with Gasteiger partial charge in [0.05, 0.1) is 27.9 Å². The first kappa shape index (κ1) is 29.2. The summed E-state index contributed by atoms with van der Waals surface area (Å²) in [4.78, 5) is 18.6. The van der Waals surface area contributed by atoms with Crippen molar-refractivity contribution in [3.63, 3.8) is 0 Å². The van der Waals surface area contributed by atoms with E-state index in [9.17, 15) is 13.2 Å². The lowest BCUT2D eigenvalue weighted by molar-refractivity contribution is 0.0987. The Morgan fingerprint density at radius 2 is 1.79 bits per heavy atom. The van der Waals surface area contributed by atoms with Crippen molar-refractivity contribution in [1.82, 2.24) is 9.29 Å². The predicted octanol–water partition coefficient (Wildman–Crippen LogP) is 6.89.